The van der Waals surface area contributed by atoms with Crippen molar-refractivity contribution in [3.63, 3.8) is 0 Å². The van der Waals surface area contributed by atoms with Crippen molar-refractivity contribution in [3.05, 3.63) is 64.6 Å². The minimum atomic E-state index is -0.105. The fourth-order valence-electron chi connectivity index (χ4n) is 4.65. The van der Waals surface area contributed by atoms with Crippen molar-refractivity contribution in [2.45, 2.75) is 50.6 Å². The van der Waals surface area contributed by atoms with Crippen molar-refractivity contribution in [2.75, 3.05) is 0 Å². The third-order valence-electron chi connectivity index (χ3n) is 5.95. The lowest BCUT2D eigenvalue weighted by atomic mass is 9.75. The molecule has 0 amide bonds. The van der Waals surface area contributed by atoms with Crippen LogP contribution in [0.2, 0.25) is 0 Å². The molecule has 148 valence electrons. The van der Waals surface area contributed by atoms with Gasteiger partial charge in [-0.1, -0.05) is 12.0 Å². The molecule has 1 unspecified atom stereocenters. The minimum Gasteiger partial charge on any atom is -0.347 e. The van der Waals surface area contributed by atoms with Crippen molar-refractivity contribution in [1.29, 1.82) is 0 Å². The van der Waals surface area contributed by atoms with E-state index in [1.807, 2.05) is 12.1 Å². The molecule has 2 aliphatic heterocycles. The van der Waals surface area contributed by atoms with E-state index in [0.717, 1.165) is 18.5 Å². The van der Waals surface area contributed by atoms with Crippen LogP contribution < -0.4 is 10.7 Å². The van der Waals surface area contributed by atoms with Crippen LogP contribution in [0.5, 0.6) is 0 Å². The fourth-order valence-corrected chi connectivity index (χ4v) is 4.65. The molecule has 0 aliphatic carbocycles. The fraction of sp³-hybridized carbons (Fsp3) is 0.364. The molecule has 0 aromatic carbocycles. The van der Waals surface area contributed by atoms with E-state index in [9.17, 15) is 4.79 Å². The maximum absolute atomic E-state index is 12.5. The molecule has 5 rings (SSSR count). The van der Waals surface area contributed by atoms with Gasteiger partial charge < -0.3 is 10.3 Å². The Morgan fingerprint density at radius 1 is 1.31 bits per heavy atom. The van der Waals surface area contributed by atoms with E-state index in [0.29, 0.717) is 23.1 Å². The second-order valence-electron chi connectivity index (χ2n) is 8.39. The number of aromatic nitrogens is 5. The van der Waals surface area contributed by atoms with E-state index >= 15 is 0 Å². The number of piperidine rings is 2. The highest BCUT2D eigenvalue weighted by Crippen LogP contribution is 2.37. The first-order chi connectivity index (χ1) is 14.1. The molecule has 2 saturated heterocycles. The van der Waals surface area contributed by atoms with Crippen LogP contribution in [0, 0.1) is 0 Å². The first-order valence-electron chi connectivity index (χ1n) is 10.1. The van der Waals surface area contributed by atoms with Gasteiger partial charge in [-0.15, -0.1) is 5.10 Å². The molecule has 29 heavy (non-hydrogen) atoms. The van der Waals surface area contributed by atoms with E-state index in [1.54, 1.807) is 35.6 Å². The van der Waals surface area contributed by atoms with E-state index in [1.165, 1.54) is 24.8 Å². The van der Waals surface area contributed by atoms with Crippen LogP contribution >= 0.6 is 0 Å². The molecule has 5 heterocycles. The van der Waals surface area contributed by atoms with Gasteiger partial charge in [0.25, 0.3) is 0 Å². The highest BCUT2D eigenvalue weighted by Gasteiger charge is 2.36. The molecule has 2 aliphatic rings. The van der Waals surface area contributed by atoms with Crippen molar-refractivity contribution in [2.24, 2.45) is 0 Å². The van der Waals surface area contributed by atoms with Crippen molar-refractivity contribution >= 4 is 6.08 Å². The monoisotopic (exact) mass is 388 g/mol. The zero-order valence-corrected chi connectivity index (χ0v) is 16.4. The number of nitrogens with zero attached hydrogens (tertiary/aromatic N) is 4. The van der Waals surface area contributed by atoms with Crippen molar-refractivity contribution in [3.8, 4) is 17.1 Å². The molecule has 2 N–H and O–H groups in total. The lowest BCUT2D eigenvalue weighted by molar-refractivity contribution is 0.192. The summed E-state index contributed by atoms with van der Waals surface area (Å²) < 4.78 is 1.75. The zero-order valence-electron chi connectivity index (χ0n) is 16.4. The van der Waals surface area contributed by atoms with Gasteiger partial charge in [-0.05, 0) is 50.8 Å². The highest BCUT2D eigenvalue weighted by molar-refractivity contribution is 5.59. The SMILES string of the molecule is C[C@@]12CCCC(C/C(=C\c3ccc(-c4c[nH]c(-n5ccnc5)cc4=O)nn3)C1)N2. The maximum Gasteiger partial charge on any atom is 0.193 e. The molecule has 0 radical (unpaired) electrons. The second kappa shape index (κ2) is 7.08. The summed E-state index contributed by atoms with van der Waals surface area (Å²) in [6, 6.07) is 5.93. The number of pyridine rings is 1. The predicted molar refractivity (Wildman–Crippen MR) is 112 cm³/mol. The molecule has 7 heteroatoms. The van der Waals surface area contributed by atoms with Crippen LogP contribution in [0.3, 0.4) is 0 Å². The van der Waals surface area contributed by atoms with Gasteiger partial charge in [0, 0.05) is 36.2 Å². The number of fused-ring (bicyclic) bond motifs is 2. The molecule has 2 bridgehead atoms. The van der Waals surface area contributed by atoms with Crippen LogP contribution in [-0.2, 0) is 0 Å². The molecule has 2 fully saturated rings. The quantitative estimate of drug-likeness (QED) is 0.720. The number of aromatic amines is 1. The Morgan fingerprint density at radius 3 is 2.97 bits per heavy atom. The summed E-state index contributed by atoms with van der Waals surface area (Å²) in [4.78, 5) is 19.7. The third kappa shape index (κ3) is 3.65. The van der Waals surface area contributed by atoms with Gasteiger partial charge in [-0.2, -0.15) is 5.10 Å². The Bertz CT molecular complexity index is 1100. The summed E-state index contributed by atoms with van der Waals surface area (Å²) in [5, 5.41) is 12.4. The Balaban J connectivity index is 1.37. The maximum atomic E-state index is 12.5. The van der Waals surface area contributed by atoms with Gasteiger partial charge in [0.2, 0.25) is 0 Å². The number of hydrogen-bond donors (Lipinski definition) is 2. The molecular formula is C22H24N6O. The molecule has 3 aromatic heterocycles. The topological polar surface area (TPSA) is 88.5 Å². The number of nitrogens with one attached hydrogen (secondary N) is 2. The Hall–Kier alpha value is -3.06. The standard InChI is InChI=1S/C22H24N6O/c1-22-6-2-3-16(25-22)9-15(12-22)10-17-4-5-19(27-26-17)18-13-24-21(11-20(18)29)28-8-7-23-14-28/h4-5,7-8,10-11,13-14,16,25H,2-3,6,9,12H2,1H3,(H,24,29)/b15-10+/t16?,22-/m1/s1. The van der Waals surface area contributed by atoms with E-state index in [-0.39, 0.29) is 11.0 Å². The van der Waals surface area contributed by atoms with Gasteiger partial charge in [-0.25, -0.2) is 4.98 Å². The summed E-state index contributed by atoms with van der Waals surface area (Å²) in [5.41, 5.74) is 3.46. The molecule has 0 spiro atoms. The van der Waals surface area contributed by atoms with Crippen LogP contribution in [0.15, 0.2) is 53.5 Å². The first-order valence-corrected chi connectivity index (χ1v) is 10.1. The van der Waals surface area contributed by atoms with Gasteiger partial charge in [0.1, 0.15) is 12.1 Å². The van der Waals surface area contributed by atoms with Crippen molar-refractivity contribution in [1.82, 2.24) is 30.0 Å². The van der Waals surface area contributed by atoms with Gasteiger partial charge in [-0.3, -0.25) is 9.36 Å². The smallest absolute Gasteiger partial charge is 0.193 e. The largest absolute Gasteiger partial charge is 0.347 e. The zero-order chi connectivity index (χ0) is 19.8. The number of imidazole rings is 1. The predicted octanol–water partition coefficient (Wildman–Crippen LogP) is 3.10. The van der Waals surface area contributed by atoms with E-state index in [4.69, 9.17) is 0 Å². The lowest BCUT2D eigenvalue weighted by Crippen LogP contribution is -2.55. The summed E-state index contributed by atoms with van der Waals surface area (Å²) >= 11 is 0. The molecule has 7 nitrogen and oxygen atoms in total. The third-order valence-corrected chi connectivity index (χ3v) is 5.95. The average molecular weight is 388 g/mol. The van der Waals surface area contributed by atoms with Crippen LogP contribution in [0.1, 0.15) is 44.7 Å². The van der Waals surface area contributed by atoms with Crippen molar-refractivity contribution < 1.29 is 0 Å². The second-order valence-corrected chi connectivity index (χ2v) is 8.39. The van der Waals surface area contributed by atoms with Crippen LogP contribution in [-0.4, -0.2) is 36.3 Å². The normalized spacial score (nSPS) is 25.3. The number of hydrogen-bond acceptors (Lipinski definition) is 5. The Morgan fingerprint density at radius 2 is 2.24 bits per heavy atom. The summed E-state index contributed by atoms with van der Waals surface area (Å²) in [7, 11) is 0. The molecule has 0 saturated carbocycles. The first kappa shape index (κ1) is 18.0. The Kier molecular flexibility index (Phi) is 4.39. The highest BCUT2D eigenvalue weighted by atomic mass is 16.1. The van der Waals surface area contributed by atoms with Gasteiger partial charge in [0.05, 0.1) is 17.0 Å². The number of rotatable bonds is 3. The summed E-state index contributed by atoms with van der Waals surface area (Å²) in [5.74, 6) is 0.663. The van der Waals surface area contributed by atoms with Crippen LogP contribution in [0.25, 0.3) is 23.2 Å². The average Bonchev–Trinajstić information content (AvgIpc) is 3.23. The molecular weight excluding hydrogens is 364 g/mol. The molecule has 2 atom stereocenters. The minimum absolute atomic E-state index is 0.105. The van der Waals surface area contributed by atoms with E-state index < -0.39 is 0 Å². The van der Waals surface area contributed by atoms with Crippen LogP contribution in [0.4, 0.5) is 0 Å². The Labute approximate surface area is 168 Å². The lowest BCUT2D eigenvalue weighted by Gasteiger charge is -2.45. The van der Waals surface area contributed by atoms with E-state index in [2.05, 4.69) is 38.5 Å². The summed E-state index contributed by atoms with van der Waals surface area (Å²) in [6.45, 7) is 2.32. The van der Waals surface area contributed by atoms with Gasteiger partial charge in [0.15, 0.2) is 5.43 Å². The molecule has 3 aromatic rings. The van der Waals surface area contributed by atoms with Gasteiger partial charge >= 0.3 is 0 Å². The number of H-pyrrole nitrogens is 1. The summed E-state index contributed by atoms with van der Waals surface area (Å²) in [6.07, 6.45) is 14.8.